The summed E-state index contributed by atoms with van der Waals surface area (Å²) in [6, 6.07) is 16.4. The second kappa shape index (κ2) is 9.24. The van der Waals surface area contributed by atoms with Crippen molar-refractivity contribution < 1.29 is 13.2 Å². The first kappa shape index (κ1) is 24.6. The molecule has 1 aromatic heterocycles. The Morgan fingerprint density at radius 1 is 0.943 bits per heavy atom. The topological polar surface area (TPSA) is 93.4 Å². The summed E-state index contributed by atoms with van der Waals surface area (Å²) >= 11 is 6.08. The smallest absolute Gasteiger partial charge is 0.324 e. The van der Waals surface area contributed by atoms with Gasteiger partial charge in [0, 0.05) is 24.8 Å². The molecule has 0 aliphatic carbocycles. The zero-order valence-electron chi connectivity index (χ0n) is 19.7. The van der Waals surface area contributed by atoms with E-state index in [1.54, 1.807) is 69.6 Å². The van der Waals surface area contributed by atoms with Gasteiger partial charge in [-0.1, -0.05) is 29.3 Å². The Hall–Kier alpha value is -3.56. The fourth-order valence-electron chi connectivity index (χ4n) is 3.95. The first-order chi connectivity index (χ1) is 16.5. The van der Waals surface area contributed by atoms with Gasteiger partial charge in [-0.05, 0) is 67.9 Å². The predicted octanol–water partition coefficient (Wildman–Crippen LogP) is 3.98. The highest BCUT2D eigenvalue weighted by atomic mass is 35.5. The van der Waals surface area contributed by atoms with Gasteiger partial charge in [0.2, 0.25) is 5.91 Å². The number of imidazole rings is 1. The normalized spacial score (nSPS) is 11.6. The number of halogens is 1. The number of nitrogens with zero attached hydrogens (tertiary/aromatic N) is 3. The van der Waals surface area contributed by atoms with Crippen molar-refractivity contribution >= 4 is 49.9 Å². The molecule has 0 aliphatic rings. The van der Waals surface area contributed by atoms with Crippen molar-refractivity contribution in [2.75, 3.05) is 16.2 Å². The summed E-state index contributed by atoms with van der Waals surface area (Å²) in [4.78, 5) is 25.4. The van der Waals surface area contributed by atoms with Crippen LogP contribution in [-0.2, 0) is 28.9 Å². The summed E-state index contributed by atoms with van der Waals surface area (Å²) in [6.45, 7) is 3.15. The number of carbonyl (C=O) groups is 1. The molecule has 1 N–H and O–H groups in total. The molecule has 4 aromatic rings. The molecular formula is C25H25ClN4O4S. The van der Waals surface area contributed by atoms with Crippen LogP contribution in [0.25, 0.3) is 11.0 Å². The monoisotopic (exact) mass is 512 g/mol. The van der Waals surface area contributed by atoms with Crippen LogP contribution in [0.2, 0.25) is 5.02 Å². The number of nitrogens with one attached hydrogen (secondary N) is 1. The third-order valence-electron chi connectivity index (χ3n) is 5.88. The third-order valence-corrected chi connectivity index (χ3v) is 7.89. The Morgan fingerprint density at radius 2 is 1.60 bits per heavy atom. The molecule has 0 saturated carbocycles. The number of rotatable bonds is 6. The Kier molecular flexibility index (Phi) is 6.48. The van der Waals surface area contributed by atoms with Crippen LogP contribution in [0.5, 0.6) is 0 Å². The van der Waals surface area contributed by atoms with E-state index in [1.165, 1.54) is 21.3 Å². The lowest BCUT2D eigenvalue weighted by atomic mass is 10.2. The van der Waals surface area contributed by atoms with Crippen molar-refractivity contribution in [1.82, 2.24) is 9.13 Å². The lowest BCUT2D eigenvalue weighted by Crippen LogP contribution is -2.38. The number of benzene rings is 3. The second-order valence-electron chi connectivity index (χ2n) is 8.41. The number of hydrogen-bond donors (Lipinski definition) is 1. The molecule has 0 saturated heterocycles. The van der Waals surface area contributed by atoms with Crippen LogP contribution >= 0.6 is 11.6 Å². The van der Waals surface area contributed by atoms with Gasteiger partial charge >= 0.3 is 5.69 Å². The number of hydrogen-bond acceptors (Lipinski definition) is 4. The molecule has 0 bridgehead atoms. The van der Waals surface area contributed by atoms with Gasteiger partial charge in [0.1, 0.15) is 6.54 Å². The molecule has 10 heteroatoms. The van der Waals surface area contributed by atoms with Crippen molar-refractivity contribution in [2.24, 2.45) is 14.1 Å². The Labute approximate surface area is 208 Å². The molecule has 1 heterocycles. The SMILES string of the molecule is Cc1ccc(S(=O)(=O)N(CC(=O)Nc2ccc3c(c2)n(C)c(=O)n3C)c2ccc(Cl)cc2C)cc1. The van der Waals surface area contributed by atoms with Gasteiger partial charge in [-0.2, -0.15) is 0 Å². The molecule has 0 spiro atoms. The van der Waals surface area contributed by atoms with Crippen LogP contribution in [0, 0.1) is 13.8 Å². The lowest BCUT2D eigenvalue weighted by molar-refractivity contribution is -0.114. The highest BCUT2D eigenvalue weighted by Gasteiger charge is 2.28. The number of amides is 1. The van der Waals surface area contributed by atoms with E-state index in [1.807, 2.05) is 6.92 Å². The second-order valence-corrected chi connectivity index (χ2v) is 10.7. The number of aromatic nitrogens is 2. The number of sulfonamides is 1. The van der Waals surface area contributed by atoms with Crippen LogP contribution in [0.3, 0.4) is 0 Å². The summed E-state index contributed by atoms with van der Waals surface area (Å²) in [7, 11) is -0.737. The first-order valence-corrected chi connectivity index (χ1v) is 12.6. The van der Waals surface area contributed by atoms with E-state index < -0.39 is 22.5 Å². The maximum absolute atomic E-state index is 13.6. The Bertz CT molecular complexity index is 1610. The molecule has 4 rings (SSSR count). The van der Waals surface area contributed by atoms with Gasteiger partial charge in [0.25, 0.3) is 10.0 Å². The van der Waals surface area contributed by atoms with Crippen molar-refractivity contribution in [2.45, 2.75) is 18.7 Å². The predicted molar refractivity (Wildman–Crippen MR) is 139 cm³/mol. The highest BCUT2D eigenvalue weighted by Crippen LogP contribution is 2.29. The average Bonchev–Trinajstić information content (AvgIpc) is 3.02. The largest absolute Gasteiger partial charge is 0.328 e. The zero-order chi connectivity index (χ0) is 25.5. The van der Waals surface area contributed by atoms with Crippen LogP contribution in [0.4, 0.5) is 11.4 Å². The number of fused-ring (bicyclic) bond motifs is 1. The molecule has 0 atom stereocenters. The molecule has 3 aromatic carbocycles. The molecular weight excluding hydrogens is 488 g/mol. The van der Waals surface area contributed by atoms with E-state index >= 15 is 0 Å². The summed E-state index contributed by atoms with van der Waals surface area (Å²) in [5.41, 5.74) is 3.51. The van der Waals surface area contributed by atoms with E-state index in [9.17, 15) is 18.0 Å². The van der Waals surface area contributed by atoms with Gasteiger partial charge in [-0.15, -0.1) is 0 Å². The van der Waals surface area contributed by atoms with Crippen LogP contribution in [0.1, 0.15) is 11.1 Å². The highest BCUT2D eigenvalue weighted by molar-refractivity contribution is 7.92. The lowest BCUT2D eigenvalue weighted by Gasteiger charge is -2.26. The molecule has 182 valence electrons. The minimum absolute atomic E-state index is 0.0750. The van der Waals surface area contributed by atoms with E-state index in [0.29, 0.717) is 27.5 Å². The fraction of sp³-hybridized carbons (Fsp3) is 0.200. The van der Waals surface area contributed by atoms with Crippen molar-refractivity contribution in [1.29, 1.82) is 0 Å². The molecule has 0 unspecified atom stereocenters. The van der Waals surface area contributed by atoms with Crippen molar-refractivity contribution in [3.8, 4) is 0 Å². The Morgan fingerprint density at radius 3 is 2.26 bits per heavy atom. The van der Waals surface area contributed by atoms with E-state index in [2.05, 4.69) is 5.32 Å². The van der Waals surface area contributed by atoms with Crippen LogP contribution in [0.15, 0.2) is 70.4 Å². The molecule has 1 amide bonds. The van der Waals surface area contributed by atoms with Crippen molar-refractivity contribution in [3.05, 3.63) is 87.3 Å². The Balaban J connectivity index is 1.70. The van der Waals surface area contributed by atoms with Crippen LogP contribution < -0.4 is 15.3 Å². The quantitative estimate of drug-likeness (QED) is 0.423. The van der Waals surface area contributed by atoms with E-state index in [4.69, 9.17) is 11.6 Å². The molecule has 0 aliphatic heterocycles. The maximum Gasteiger partial charge on any atom is 0.328 e. The van der Waals surface area contributed by atoms with E-state index in [0.717, 1.165) is 15.4 Å². The summed E-state index contributed by atoms with van der Waals surface area (Å²) in [5.74, 6) is -0.532. The summed E-state index contributed by atoms with van der Waals surface area (Å²) in [6.07, 6.45) is 0. The number of carbonyl (C=O) groups excluding carboxylic acids is 1. The maximum atomic E-state index is 13.6. The van der Waals surface area contributed by atoms with Gasteiger partial charge in [-0.3, -0.25) is 18.2 Å². The molecule has 35 heavy (non-hydrogen) atoms. The fourth-order valence-corrected chi connectivity index (χ4v) is 5.66. The minimum Gasteiger partial charge on any atom is -0.324 e. The molecule has 0 radical (unpaired) electrons. The van der Waals surface area contributed by atoms with Crippen molar-refractivity contribution in [3.63, 3.8) is 0 Å². The molecule has 8 nitrogen and oxygen atoms in total. The standard InChI is InChI=1S/C25H25ClN4O4S/c1-16-5-9-20(10-6-16)35(33,34)30(21-11-7-18(26)13-17(21)2)15-24(31)27-19-8-12-22-23(14-19)29(4)25(32)28(22)3/h5-14H,15H2,1-4H3,(H,27,31). The third kappa shape index (κ3) is 4.69. The van der Waals surface area contributed by atoms with E-state index in [-0.39, 0.29) is 10.6 Å². The summed E-state index contributed by atoms with van der Waals surface area (Å²) < 4.78 is 31.3. The van der Waals surface area contributed by atoms with Gasteiger partial charge in [0.05, 0.1) is 21.6 Å². The van der Waals surface area contributed by atoms with Gasteiger partial charge in [-0.25, -0.2) is 13.2 Å². The van der Waals surface area contributed by atoms with Gasteiger partial charge < -0.3 is 5.32 Å². The average molecular weight is 513 g/mol. The van der Waals surface area contributed by atoms with Gasteiger partial charge in [0.15, 0.2) is 0 Å². The minimum atomic E-state index is -4.06. The van der Waals surface area contributed by atoms with Crippen LogP contribution in [-0.4, -0.2) is 30.0 Å². The zero-order valence-corrected chi connectivity index (χ0v) is 21.3. The number of anilines is 2. The number of aryl methyl sites for hydroxylation is 4. The summed E-state index contributed by atoms with van der Waals surface area (Å²) in [5, 5.41) is 3.22. The first-order valence-electron chi connectivity index (χ1n) is 10.8. The molecule has 0 fully saturated rings.